The van der Waals surface area contributed by atoms with Crippen LogP contribution in [0.4, 0.5) is 0 Å². The number of rotatable bonds is 3. The lowest BCUT2D eigenvalue weighted by Gasteiger charge is -2.13. The van der Waals surface area contributed by atoms with Crippen LogP contribution in [0.15, 0.2) is 22.8 Å². The molecule has 1 aromatic heterocycles. The summed E-state index contributed by atoms with van der Waals surface area (Å²) in [5.41, 5.74) is 3.17. The molecule has 0 atom stereocenters. The van der Waals surface area contributed by atoms with Crippen LogP contribution in [-0.4, -0.2) is 35.5 Å². The Kier molecular flexibility index (Phi) is 3.29. The third-order valence-corrected chi connectivity index (χ3v) is 3.14. The van der Waals surface area contributed by atoms with E-state index in [1.807, 2.05) is 26.0 Å². The van der Waals surface area contributed by atoms with Crippen LogP contribution in [-0.2, 0) is 4.79 Å². The van der Waals surface area contributed by atoms with Crippen molar-refractivity contribution in [2.75, 3.05) is 13.6 Å². The molecule has 0 fully saturated rings. The van der Waals surface area contributed by atoms with Gasteiger partial charge < -0.3 is 14.4 Å². The van der Waals surface area contributed by atoms with E-state index in [1.54, 1.807) is 0 Å². The van der Waals surface area contributed by atoms with E-state index in [4.69, 9.17) is 9.52 Å². The highest BCUT2D eigenvalue weighted by molar-refractivity contribution is 6.06. The van der Waals surface area contributed by atoms with Crippen LogP contribution < -0.4 is 0 Å². The zero-order chi connectivity index (χ0) is 14.2. The molecule has 1 heterocycles. The van der Waals surface area contributed by atoms with Crippen LogP contribution in [0.25, 0.3) is 11.0 Å². The van der Waals surface area contributed by atoms with Gasteiger partial charge in [-0.1, -0.05) is 0 Å². The fourth-order valence-corrected chi connectivity index (χ4v) is 1.93. The van der Waals surface area contributed by atoms with Crippen molar-refractivity contribution in [2.45, 2.75) is 13.8 Å². The van der Waals surface area contributed by atoms with E-state index in [-0.39, 0.29) is 12.5 Å². The van der Waals surface area contributed by atoms with Gasteiger partial charge in [0, 0.05) is 12.4 Å². The molecule has 1 aromatic carbocycles. The maximum atomic E-state index is 12.2. The maximum Gasteiger partial charge on any atom is 0.323 e. The molecule has 0 saturated carbocycles. The number of hydrogen-bond acceptors (Lipinski definition) is 3. The molecule has 0 aliphatic heterocycles. The van der Waals surface area contributed by atoms with Crippen molar-refractivity contribution in [3.8, 4) is 0 Å². The molecule has 0 aliphatic rings. The van der Waals surface area contributed by atoms with Crippen LogP contribution in [0.2, 0.25) is 0 Å². The molecule has 19 heavy (non-hydrogen) atoms. The van der Waals surface area contributed by atoms with Crippen molar-refractivity contribution in [3.05, 3.63) is 35.1 Å². The summed E-state index contributed by atoms with van der Waals surface area (Å²) in [7, 11) is 1.45. The fraction of sp³-hybridized carbons (Fsp3) is 0.286. The van der Waals surface area contributed by atoms with Crippen LogP contribution in [0.1, 0.15) is 21.5 Å². The predicted octanol–water partition coefficient (Wildman–Crippen LogP) is 2.21. The van der Waals surface area contributed by atoms with Gasteiger partial charge in [0.1, 0.15) is 18.4 Å². The lowest BCUT2D eigenvalue weighted by molar-refractivity contribution is -0.137. The number of aliphatic carboxylic acids is 1. The number of carbonyl (C=O) groups excluding carboxylic acids is 1. The van der Waals surface area contributed by atoms with E-state index >= 15 is 0 Å². The van der Waals surface area contributed by atoms with Gasteiger partial charge in [-0.3, -0.25) is 9.59 Å². The first kappa shape index (κ1) is 13.1. The second-order valence-electron chi connectivity index (χ2n) is 4.64. The smallest absolute Gasteiger partial charge is 0.323 e. The first-order valence-corrected chi connectivity index (χ1v) is 5.86. The number of aryl methyl sites for hydroxylation is 2. The Morgan fingerprint density at radius 2 is 1.89 bits per heavy atom. The molecular weight excluding hydrogens is 246 g/mol. The normalized spacial score (nSPS) is 10.7. The van der Waals surface area contributed by atoms with Crippen LogP contribution >= 0.6 is 0 Å². The van der Waals surface area contributed by atoms with Crippen molar-refractivity contribution in [1.82, 2.24) is 4.90 Å². The first-order valence-electron chi connectivity index (χ1n) is 5.86. The number of fused-ring (bicyclic) bond motifs is 1. The molecule has 5 nitrogen and oxygen atoms in total. The highest BCUT2D eigenvalue weighted by Gasteiger charge is 2.19. The third-order valence-electron chi connectivity index (χ3n) is 3.14. The number of amides is 1. The highest BCUT2D eigenvalue weighted by Crippen LogP contribution is 2.25. The Bertz CT molecular complexity index is 657. The topological polar surface area (TPSA) is 70.8 Å². The van der Waals surface area contributed by atoms with Crippen molar-refractivity contribution in [3.63, 3.8) is 0 Å². The fourth-order valence-electron chi connectivity index (χ4n) is 1.93. The summed E-state index contributed by atoms with van der Waals surface area (Å²) in [5, 5.41) is 9.42. The quantitative estimate of drug-likeness (QED) is 0.919. The molecule has 2 aromatic rings. The number of furan rings is 1. The van der Waals surface area contributed by atoms with E-state index in [2.05, 4.69) is 0 Å². The summed E-state index contributed by atoms with van der Waals surface area (Å²) in [4.78, 5) is 23.9. The molecule has 0 bridgehead atoms. The molecule has 0 aliphatic carbocycles. The monoisotopic (exact) mass is 261 g/mol. The van der Waals surface area contributed by atoms with Gasteiger partial charge in [0.2, 0.25) is 0 Å². The minimum Gasteiger partial charge on any atom is -0.480 e. The number of carboxylic acids is 1. The Labute approximate surface area is 110 Å². The Morgan fingerprint density at radius 3 is 2.53 bits per heavy atom. The average molecular weight is 261 g/mol. The van der Waals surface area contributed by atoms with Crippen molar-refractivity contribution in [1.29, 1.82) is 0 Å². The summed E-state index contributed by atoms with van der Waals surface area (Å²) in [5.74, 6) is -1.40. The molecule has 1 amide bonds. The third kappa shape index (κ3) is 2.45. The Hall–Kier alpha value is -2.30. The zero-order valence-corrected chi connectivity index (χ0v) is 11.1. The molecule has 0 spiro atoms. The number of carbonyl (C=O) groups is 2. The van der Waals surface area contributed by atoms with Crippen molar-refractivity contribution >= 4 is 22.8 Å². The Balaban J connectivity index is 2.43. The summed E-state index contributed by atoms with van der Waals surface area (Å²) in [6.45, 7) is 3.59. The number of nitrogens with zero attached hydrogens (tertiary/aromatic N) is 1. The molecule has 0 saturated heterocycles. The lowest BCUT2D eigenvalue weighted by Crippen LogP contribution is -2.31. The minimum absolute atomic E-state index is 0.337. The van der Waals surface area contributed by atoms with E-state index < -0.39 is 5.97 Å². The zero-order valence-electron chi connectivity index (χ0n) is 11.1. The summed E-state index contributed by atoms with van der Waals surface area (Å²) < 4.78 is 5.37. The van der Waals surface area contributed by atoms with Gasteiger partial charge in [-0.15, -0.1) is 0 Å². The van der Waals surface area contributed by atoms with Gasteiger partial charge in [0.15, 0.2) is 0 Å². The van der Waals surface area contributed by atoms with Crippen LogP contribution in [0.3, 0.4) is 0 Å². The van der Waals surface area contributed by atoms with Gasteiger partial charge in [-0.05, 0) is 37.1 Å². The standard InChI is InChI=1S/C14H15NO4/c1-8-4-10-11(7-19-12(10)5-9(8)2)14(18)15(3)6-13(16)17/h4-5,7H,6H2,1-3H3,(H,16,17). The number of likely N-dealkylation sites (N-methyl/N-ethyl adjacent to an activating group) is 1. The van der Waals surface area contributed by atoms with Gasteiger partial charge in [-0.2, -0.15) is 0 Å². The van der Waals surface area contributed by atoms with Gasteiger partial charge in [-0.25, -0.2) is 0 Å². The summed E-state index contributed by atoms with van der Waals surface area (Å²) in [6, 6.07) is 3.76. The van der Waals surface area contributed by atoms with Gasteiger partial charge in [0.05, 0.1) is 5.56 Å². The lowest BCUT2D eigenvalue weighted by atomic mass is 10.0. The van der Waals surface area contributed by atoms with Crippen molar-refractivity contribution in [2.24, 2.45) is 0 Å². The number of benzene rings is 1. The number of hydrogen-bond donors (Lipinski definition) is 1. The van der Waals surface area contributed by atoms with Gasteiger partial charge >= 0.3 is 5.97 Å². The van der Waals surface area contributed by atoms with Crippen LogP contribution in [0, 0.1) is 13.8 Å². The molecule has 5 heteroatoms. The minimum atomic E-state index is -1.05. The predicted molar refractivity (Wildman–Crippen MR) is 70.3 cm³/mol. The first-order chi connectivity index (χ1) is 8.90. The molecule has 2 rings (SSSR count). The Morgan fingerprint density at radius 1 is 1.26 bits per heavy atom. The average Bonchev–Trinajstić information content (AvgIpc) is 2.70. The van der Waals surface area contributed by atoms with Gasteiger partial charge in [0.25, 0.3) is 5.91 Å². The SMILES string of the molecule is Cc1cc2occ(C(=O)N(C)CC(=O)O)c2cc1C. The highest BCUT2D eigenvalue weighted by atomic mass is 16.4. The summed E-state index contributed by atoms with van der Waals surface area (Å²) in [6.07, 6.45) is 1.38. The molecule has 100 valence electrons. The van der Waals surface area contributed by atoms with Crippen molar-refractivity contribution < 1.29 is 19.1 Å². The second-order valence-corrected chi connectivity index (χ2v) is 4.64. The molecule has 0 unspecified atom stereocenters. The molecule has 1 N–H and O–H groups in total. The van der Waals surface area contributed by atoms with E-state index in [0.717, 1.165) is 16.0 Å². The molecular formula is C14H15NO4. The van der Waals surface area contributed by atoms with E-state index in [9.17, 15) is 9.59 Å². The maximum absolute atomic E-state index is 12.2. The summed E-state index contributed by atoms with van der Waals surface area (Å²) >= 11 is 0. The van der Waals surface area contributed by atoms with Crippen LogP contribution in [0.5, 0.6) is 0 Å². The largest absolute Gasteiger partial charge is 0.480 e. The second kappa shape index (κ2) is 4.76. The van der Waals surface area contributed by atoms with E-state index in [1.165, 1.54) is 13.3 Å². The van der Waals surface area contributed by atoms with E-state index in [0.29, 0.717) is 16.5 Å². The molecule has 0 radical (unpaired) electrons. The number of carboxylic acid groups (broad SMARTS) is 1.